The minimum absolute atomic E-state index is 0.187. The van der Waals surface area contributed by atoms with E-state index in [0.717, 1.165) is 11.1 Å². The van der Waals surface area contributed by atoms with Crippen LogP contribution in [0.15, 0.2) is 30.3 Å². The molecule has 0 aliphatic carbocycles. The van der Waals surface area contributed by atoms with Gasteiger partial charge in [-0.3, -0.25) is 4.90 Å². The van der Waals surface area contributed by atoms with Crippen molar-refractivity contribution < 1.29 is 14.6 Å². The Balaban J connectivity index is 1.74. The van der Waals surface area contributed by atoms with Gasteiger partial charge in [0.1, 0.15) is 5.75 Å². The van der Waals surface area contributed by atoms with Crippen LogP contribution in [-0.2, 0) is 13.1 Å². The average molecular weight is 340 g/mol. The Bertz CT molecular complexity index is 706. The normalized spacial score (nSPS) is 12.9. The molecule has 0 aromatic heterocycles. The summed E-state index contributed by atoms with van der Waals surface area (Å²) in [7, 11) is 1.95. The first-order chi connectivity index (χ1) is 10.5. The fourth-order valence-electron chi connectivity index (χ4n) is 2.41. The van der Waals surface area contributed by atoms with Crippen LogP contribution in [0.2, 0.25) is 10.0 Å². The Morgan fingerprint density at radius 2 is 1.77 bits per heavy atom. The number of phenols is 1. The molecule has 4 nitrogen and oxygen atoms in total. The van der Waals surface area contributed by atoms with Gasteiger partial charge in [-0.15, -0.1) is 0 Å². The maximum atomic E-state index is 10.1. The molecule has 0 saturated heterocycles. The molecule has 3 rings (SSSR count). The SMILES string of the molecule is CN(Cc1cc2c(cc1O)OCO2)Cc1cccc(Cl)c1Cl. The van der Waals surface area contributed by atoms with Gasteiger partial charge in [0.15, 0.2) is 11.5 Å². The fraction of sp³-hybridized carbons (Fsp3) is 0.250. The lowest BCUT2D eigenvalue weighted by molar-refractivity contribution is 0.174. The molecule has 116 valence electrons. The minimum Gasteiger partial charge on any atom is -0.507 e. The summed E-state index contributed by atoms with van der Waals surface area (Å²) >= 11 is 12.2. The van der Waals surface area contributed by atoms with Crippen LogP contribution >= 0.6 is 23.2 Å². The summed E-state index contributed by atoms with van der Waals surface area (Å²) in [5.74, 6) is 1.41. The number of hydrogen-bond acceptors (Lipinski definition) is 4. The number of hydrogen-bond donors (Lipinski definition) is 1. The van der Waals surface area contributed by atoms with E-state index in [9.17, 15) is 5.11 Å². The number of nitrogens with zero attached hydrogens (tertiary/aromatic N) is 1. The number of phenolic OH excluding ortho intramolecular Hbond substituents is 1. The first kappa shape index (κ1) is 15.3. The van der Waals surface area contributed by atoms with Crippen molar-refractivity contribution in [3.63, 3.8) is 0 Å². The first-order valence-corrected chi connectivity index (χ1v) is 7.53. The lowest BCUT2D eigenvalue weighted by Crippen LogP contribution is -2.17. The highest BCUT2D eigenvalue weighted by atomic mass is 35.5. The van der Waals surface area contributed by atoms with Crippen molar-refractivity contribution in [2.24, 2.45) is 0 Å². The van der Waals surface area contributed by atoms with Crippen molar-refractivity contribution >= 4 is 23.2 Å². The predicted octanol–water partition coefficient (Wildman–Crippen LogP) is 4.06. The van der Waals surface area contributed by atoms with E-state index in [2.05, 4.69) is 0 Å². The number of aromatic hydroxyl groups is 1. The molecule has 0 radical (unpaired) electrons. The Morgan fingerprint density at radius 1 is 1.09 bits per heavy atom. The summed E-state index contributed by atoms with van der Waals surface area (Å²) in [6.45, 7) is 1.35. The Morgan fingerprint density at radius 3 is 2.55 bits per heavy atom. The lowest BCUT2D eigenvalue weighted by Gasteiger charge is -2.19. The fourth-order valence-corrected chi connectivity index (χ4v) is 2.79. The summed E-state index contributed by atoms with van der Waals surface area (Å²) < 4.78 is 10.6. The van der Waals surface area contributed by atoms with Crippen LogP contribution in [0.1, 0.15) is 11.1 Å². The molecule has 0 spiro atoms. The molecule has 0 atom stereocenters. The Kier molecular flexibility index (Phi) is 4.34. The average Bonchev–Trinajstić information content (AvgIpc) is 2.91. The molecule has 1 heterocycles. The van der Waals surface area contributed by atoms with Crippen LogP contribution in [0.5, 0.6) is 17.2 Å². The molecule has 0 saturated carbocycles. The van der Waals surface area contributed by atoms with Crippen LogP contribution < -0.4 is 9.47 Å². The van der Waals surface area contributed by atoms with Crippen LogP contribution in [0.3, 0.4) is 0 Å². The van der Waals surface area contributed by atoms with E-state index >= 15 is 0 Å². The van der Waals surface area contributed by atoms with Gasteiger partial charge in [0.2, 0.25) is 6.79 Å². The molecule has 1 N–H and O–H groups in total. The molecule has 0 unspecified atom stereocenters. The van der Waals surface area contributed by atoms with Crippen molar-refractivity contribution in [1.82, 2.24) is 4.90 Å². The van der Waals surface area contributed by atoms with Crippen molar-refractivity contribution in [3.05, 3.63) is 51.5 Å². The molecule has 1 aliphatic rings. The lowest BCUT2D eigenvalue weighted by atomic mass is 10.1. The molecule has 1 aliphatic heterocycles. The van der Waals surface area contributed by atoms with Gasteiger partial charge in [-0.1, -0.05) is 35.3 Å². The van der Waals surface area contributed by atoms with Crippen LogP contribution in [0.25, 0.3) is 0 Å². The quantitative estimate of drug-likeness (QED) is 0.911. The number of halogens is 2. The predicted molar refractivity (Wildman–Crippen MR) is 85.9 cm³/mol. The summed E-state index contributed by atoms with van der Waals surface area (Å²) in [6.07, 6.45) is 0. The molecule has 2 aromatic carbocycles. The van der Waals surface area contributed by atoms with E-state index in [1.54, 1.807) is 18.2 Å². The first-order valence-electron chi connectivity index (χ1n) is 6.77. The monoisotopic (exact) mass is 339 g/mol. The zero-order chi connectivity index (χ0) is 15.7. The Labute approximate surface area is 138 Å². The molecule has 0 fully saturated rings. The third kappa shape index (κ3) is 3.09. The highest BCUT2D eigenvalue weighted by Crippen LogP contribution is 2.38. The maximum Gasteiger partial charge on any atom is 0.231 e. The number of rotatable bonds is 4. The van der Waals surface area contributed by atoms with E-state index in [-0.39, 0.29) is 12.5 Å². The molecule has 6 heteroatoms. The van der Waals surface area contributed by atoms with E-state index < -0.39 is 0 Å². The van der Waals surface area contributed by atoms with Crippen LogP contribution in [0.4, 0.5) is 0 Å². The van der Waals surface area contributed by atoms with Crippen LogP contribution in [-0.4, -0.2) is 23.8 Å². The zero-order valence-corrected chi connectivity index (χ0v) is 13.5. The maximum absolute atomic E-state index is 10.1. The van der Waals surface area contributed by atoms with E-state index in [4.69, 9.17) is 32.7 Å². The third-order valence-electron chi connectivity index (χ3n) is 3.49. The Hall–Kier alpha value is -1.62. The molecule has 2 aromatic rings. The molecule has 0 amide bonds. The highest BCUT2D eigenvalue weighted by Gasteiger charge is 2.18. The molecular formula is C16H15Cl2NO3. The summed E-state index contributed by atoms with van der Waals surface area (Å²) in [5.41, 5.74) is 1.71. The standard InChI is InChI=1S/C16H15Cl2NO3/c1-19(7-10-3-2-4-12(17)16(10)18)8-11-5-14-15(6-13(11)20)22-9-21-14/h2-6,20H,7-9H2,1H3. The molecule has 22 heavy (non-hydrogen) atoms. The summed E-state index contributed by atoms with van der Waals surface area (Å²) in [6, 6.07) is 8.95. The zero-order valence-electron chi connectivity index (χ0n) is 12.0. The van der Waals surface area contributed by atoms with Gasteiger partial charge in [0.25, 0.3) is 0 Å². The van der Waals surface area contributed by atoms with Gasteiger partial charge in [0, 0.05) is 24.7 Å². The number of fused-ring (bicyclic) bond motifs is 1. The number of benzene rings is 2. The van der Waals surface area contributed by atoms with Gasteiger partial charge in [-0.2, -0.15) is 0 Å². The van der Waals surface area contributed by atoms with E-state index in [0.29, 0.717) is 34.6 Å². The second kappa shape index (κ2) is 6.24. The van der Waals surface area contributed by atoms with E-state index in [1.165, 1.54) is 0 Å². The number of ether oxygens (including phenoxy) is 2. The molecule has 0 bridgehead atoms. The topological polar surface area (TPSA) is 41.9 Å². The van der Waals surface area contributed by atoms with Gasteiger partial charge in [0.05, 0.1) is 10.0 Å². The van der Waals surface area contributed by atoms with Gasteiger partial charge >= 0.3 is 0 Å². The second-order valence-electron chi connectivity index (χ2n) is 5.22. The van der Waals surface area contributed by atoms with Crippen molar-refractivity contribution in [3.8, 4) is 17.2 Å². The van der Waals surface area contributed by atoms with Gasteiger partial charge in [-0.05, 0) is 24.7 Å². The minimum atomic E-state index is 0.187. The smallest absolute Gasteiger partial charge is 0.231 e. The van der Waals surface area contributed by atoms with Crippen LogP contribution in [0, 0.1) is 0 Å². The second-order valence-corrected chi connectivity index (χ2v) is 6.00. The highest BCUT2D eigenvalue weighted by molar-refractivity contribution is 6.42. The third-order valence-corrected chi connectivity index (χ3v) is 4.34. The van der Waals surface area contributed by atoms with Crippen molar-refractivity contribution in [2.75, 3.05) is 13.8 Å². The summed E-state index contributed by atoms with van der Waals surface area (Å²) in [5, 5.41) is 11.2. The molecular weight excluding hydrogens is 325 g/mol. The van der Waals surface area contributed by atoms with E-state index in [1.807, 2.05) is 24.1 Å². The van der Waals surface area contributed by atoms with Gasteiger partial charge < -0.3 is 14.6 Å². The largest absolute Gasteiger partial charge is 0.507 e. The van der Waals surface area contributed by atoms with Crippen molar-refractivity contribution in [1.29, 1.82) is 0 Å². The summed E-state index contributed by atoms with van der Waals surface area (Å²) in [4.78, 5) is 2.04. The van der Waals surface area contributed by atoms with Gasteiger partial charge in [-0.25, -0.2) is 0 Å². The van der Waals surface area contributed by atoms with Crippen molar-refractivity contribution in [2.45, 2.75) is 13.1 Å².